The van der Waals surface area contributed by atoms with E-state index in [0.29, 0.717) is 30.7 Å². The second-order valence-corrected chi connectivity index (χ2v) is 8.06. The molecule has 7 nitrogen and oxygen atoms in total. The van der Waals surface area contributed by atoms with Gasteiger partial charge in [0.2, 0.25) is 0 Å². The van der Waals surface area contributed by atoms with Crippen molar-refractivity contribution in [2.24, 2.45) is 0 Å². The zero-order valence-corrected chi connectivity index (χ0v) is 17.8. The van der Waals surface area contributed by atoms with Crippen molar-refractivity contribution in [3.8, 4) is 5.75 Å². The summed E-state index contributed by atoms with van der Waals surface area (Å²) >= 11 is 0. The van der Waals surface area contributed by atoms with Gasteiger partial charge >= 0.3 is 0 Å². The molecule has 0 saturated carbocycles. The summed E-state index contributed by atoms with van der Waals surface area (Å²) in [5.41, 5.74) is 3.05. The van der Waals surface area contributed by atoms with Crippen LogP contribution in [-0.2, 0) is 6.54 Å². The van der Waals surface area contributed by atoms with Crippen molar-refractivity contribution in [3.05, 3.63) is 78.1 Å². The maximum absolute atomic E-state index is 13.5. The Labute approximate surface area is 185 Å². The lowest BCUT2D eigenvalue weighted by Gasteiger charge is -2.34. The number of methoxy groups -OCH3 is 1. The van der Waals surface area contributed by atoms with E-state index in [4.69, 9.17) is 4.74 Å². The molecule has 32 heavy (non-hydrogen) atoms. The number of carbonyl (C=O) groups is 1. The molecule has 1 atom stereocenters. The molecule has 5 rings (SSSR count). The standard InChI is InChI=1S/C24H24FN5O2/c1-32-23-8-5-17(12-18(23)14-29-11-3-9-27-29)24(31)28-10-2-4-20(15-28)30-16-26-21-13-19(25)6-7-22(21)30/h3,5-9,11-13,16,20H,2,4,10,14-15H2,1H3/t20-/m1/s1. The normalized spacial score (nSPS) is 16.4. The number of piperidine rings is 1. The third-order valence-electron chi connectivity index (χ3n) is 6.03. The summed E-state index contributed by atoms with van der Waals surface area (Å²) < 4.78 is 22.9. The van der Waals surface area contributed by atoms with Crippen LogP contribution in [0.3, 0.4) is 0 Å². The average Bonchev–Trinajstić information content (AvgIpc) is 3.48. The number of fused-ring (bicyclic) bond motifs is 1. The molecule has 0 spiro atoms. The summed E-state index contributed by atoms with van der Waals surface area (Å²) in [4.78, 5) is 19.6. The van der Waals surface area contributed by atoms with Crippen molar-refractivity contribution in [1.29, 1.82) is 0 Å². The smallest absolute Gasteiger partial charge is 0.253 e. The summed E-state index contributed by atoms with van der Waals surface area (Å²) in [6.07, 6.45) is 7.19. The third kappa shape index (κ3) is 3.84. The lowest BCUT2D eigenvalue weighted by Crippen LogP contribution is -2.40. The SMILES string of the molecule is COc1ccc(C(=O)N2CCC[C@@H](n3cnc4cc(F)ccc43)C2)cc1Cn1cccn1. The Morgan fingerprint density at radius 3 is 2.97 bits per heavy atom. The highest BCUT2D eigenvalue weighted by Gasteiger charge is 2.27. The van der Waals surface area contributed by atoms with Gasteiger partial charge in [-0.25, -0.2) is 9.37 Å². The van der Waals surface area contributed by atoms with Crippen LogP contribution in [0.5, 0.6) is 5.75 Å². The summed E-state index contributed by atoms with van der Waals surface area (Å²) in [6.45, 7) is 1.82. The number of ether oxygens (including phenoxy) is 1. The molecule has 1 saturated heterocycles. The van der Waals surface area contributed by atoms with Gasteiger partial charge in [0.1, 0.15) is 11.6 Å². The summed E-state index contributed by atoms with van der Waals surface area (Å²) in [5.74, 6) is 0.425. The number of hydrogen-bond donors (Lipinski definition) is 0. The first-order valence-electron chi connectivity index (χ1n) is 10.7. The Morgan fingerprint density at radius 2 is 2.16 bits per heavy atom. The van der Waals surface area contributed by atoms with E-state index >= 15 is 0 Å². The number of halogens is 1. The minimum absolute atomic E-state index is 0.00506. The lowest BCUT2D eigenvalue weighted by molar-refractivity contribution is 0.0681. The van der Waals surface area contributed by atoms with E-state index in [0.717, 1.165) is 29.7 Å². The minimum atomic E-state index is -0.298. The second kappa shape index (κ2) is 8.45. The predicted molar refractivity (Wildman–Crippen MR) is 118 cm³/mol. The topological polar surface area (TPSA) is 65.2 Å². The van der Waals surface area contributed by atoms with Gasteiger partial charge in [-0.2, -0.15) is 5.10 Å². The van der Waals surface area contributed by atoms with Crippen LogP contribution < -0.4 is 4.74 Å². The van der Waals surface area contributed by atoms with Crippen molar-refractivity contribution in [3.63, 3.8) is 0 Å². The number of imidazole rings is 1. The molecule has 8 heteroatoms. The van der Waals surface area contributed by atoms with Crippen LogP contribution in [0.1, 0.15) is 34.8 Å². The fraction of sp³-hybridized carbons (Fsp3) is 0.292. The van der Waals surface area contributed by atoms with Gasteiger partial charge in [-0.05, 0) is 49.2 Å². The fourth-order valence-electron chi connectivity index (χ4n) is 4.45. The number of rotatable bonds is 5. The maximum Gasteiger partial charge on any atom is 0.253 e. The highest BCUT2D eigenvalue weighted by molar-refractivity contribution is 5.94. The molecule has 2 aromatic carbocycles. The largest absolute Gasteiger partial charge is 0.496 e. The Kier molecular flexibility index (Phi) is 5.34. The van der Waals surface area contributed by atoms with Crippen molar-refractivity contribution < 1.29 is 13.9 Å². The number of nitrogens with zero attached hydrogens (tertiary/aromatic N) is 5. The van der Waals surface area contributed by atoms with Gasteiger partial charge < -0.3 is 14.2 Å². The van der Waals surface area contributed by atoms with Gasteiger partial charge in [0.15, 0.2) is 0 Å². The van der Waals surface area contributed by atoms with Crippen molar-refractivity contribution in [2.45, 2.75) is 25.4 Å². The van der Waals surface area contributed by atoms with E-state index < -0.39 is 0 Å². The van der Waals surface area contributed by atoms with Crippen LogP contribution in [0.25, 0.3) is 11.0 Å². The van der Waals surface area contributed by atoms with Gasteiger partial charge in [0, 0.05) is 42.7 Å². The summed E-state index contributed by atoms with van der Waals surface area (Å²) in [6, 6.07) is 12.2. The monoisotopic (exact) mass is 433 g/mol. The van der Waals surface area contributed by atoms with Crippen LogP contribution in [0.4, 0.5) is 4.39 Å². The molecule has 1 fully saturated rings. The van der Waals surface area contributed by atoms with Crippen molar-refractivity contribution in [1.82, 2.24) is 24.2 Å². The summed E-state index contributed by atoms with van der Waals surface area (Å²) in [7, 11) is 1.62. The minimum Gasteiger partial charge on any atom is -0.496 e. The molecule has 2 aromatic heterocycles. The molecule has 0 N–H and O–H groups in total. The van der Waals surface area contributed by atoms with E-state index in [2.05, 4.69) is 14.6 Å². The molecule has 0 aliphatic carbocycles. The molecule has 0 bridgehead atoms. The molecule has 1 aliphatic heterocycles. The Hall–Kier alpha value is -3.68. The molecule has 1 amide bonds. The van der Waals surface area contributed by atoms with Gasteiger partial charge in [-0.3, -0.25) is 9.48 Å². The van der Waals surface area contributed by atoms with Crippen LogP contribution in [0.2, 0.25) is 0 Å². The molecular formula is C24H24FN5O2. The highest BCUT2D eigenvalue weighted by atomic mass is 19.1. The average molecular weight is 433 g/mol. The molecule has 1 aliphatic rings. The van der Waals surface area contributed by atoms with Crippen LogP contribution in [0, 0.1) is 5.82 Å². The van der Waals surface area contributed by atoms with Gasteiger partial charge in [-0.15, -0.1) is 0 Å². The van der Waals surface area contributed by atoms with Gasteiger partial charge in [0.05, 0.1) is 37.1 Å². The van der Waals surface area contributed by atoms with Gasteiger partial charge in [-0.1, -0.05) is 0 Å². The molecule has 4 aromatic rings. The zero-order chi connectivity index (χ0) is 22.1. The van der Waals surface area contributed by atoms with Crippen molar-refractivity contribution >= 4 is 16.9 Å². The van der Waals surface area contributed by atoms with E-state index in [1.165, 1.54) is 12.1 Å². The second-order valence-electron chi connectivity index (χ2n) is 8.06. The Morgan fingerprint density at radius 1 is 1.25 bits per heavy atom. The van der Waals surface area contributed by atoms with Gasteiger partial charge in [0.25, 0.3) is 5.91 Å². The number of benzene rings is 2. The predicted octanol–water partition coefficient (Wildman–Crippen LogP) is 3.91. The molecule has 3 heterocycles. The lowest BCUT2D eigenvalue weighted by atomic mass is 10.0. The first-order valence-corrected chi connectivity index (χ1v) is 10.7. The Bertz CT molecular complexity index is 1250. The van der Waals surface area contributed by atoms with Crippen LogP contribution in [-0.4, -0.2) is 50.3 Å². The molecular weight excluding hydrogens is 409 g/mol. The van der Waals surface area contributed by atoms with E-state index in [1.807, 2.05) is 35.4 Å². The first-order chi connectivity index (χ1) is 15.6. The van der Waals surface area contributed by atoms with Crippen LogP contribution >= 0.6 is 0 Å². The van der Waals surface area contributed by atoms with E-state index in [-0.39, 0.29) is 17.8 Å². The summed E-state index contributed by atoms with van der Waals surface area (Å²) in [5, 5.41) is 4.25. The van der Waals surface area contributed by atoms with E-state index in [1.54, 1.807) is 30.4 Å². The highest BCUT2D eigenvalue weighted by Crippen LogP contribution is 2.28. The molecule has 164 valence electrons. The molecule has 0 radical (unpaired) electrons. The number of aromatic nitrogens is 4. The number of amides is 1. The van der Waals surface area contributed by atoms with Crippen molar-refractivity contribution in [2.75, 3.05) is 20.2 Å². The van der Waals surface area contributed by atoms with E-state index in [9.17, 15) is 9.18 Å². The zero-order valence-electron chi connectivity index (χ0n) is 17.8. The first kappa shape index (κ1) is 20.2. The molecule has 0 unspecified atom stereocenters. The number of likely N-dealkylation sites (tertiary alicyclic amines) is 1. The van der Waals surface area contributed by atoms with Crippen LogP contribution in [0.15, 0.2) is 61.2 Å². The number of carbonyl (C=O) groups excluding carboxylic acids is 1. The quantitative estimate of drug-likeness (QED) is 0.479. The maximum atomic E-state index is 13.5. The Balaban J connectivity index is 1.38. The number of hydrogen-bond acceptors (Lipinski definition) is 4. The third-order valence-corrected chi connectivity index (χ3v) is 6.03. The fourth-order valence-corrected chi connectivity index (χ4v) is 4.45.